The quantitative estimate of drug-likeness (QED) is 0.737. The number of hydrogen-bond donors (Lipinski definition) is 0. The number of amides is 1. The lowest BCUT2D eigenvalue weighted by molar-refractivity contribution is -0.135. The van der Waals surface area contributed by atoms with Gasteiger partial charge in [0.2, 0.25) is 5.91 Å². The highest BCUT2D eigenvalue weighted by atomic mass is 19.1. The average molecular weight is 265 g/mol. The highest BCUT2D eigenvalue weighted by Crippen LogP contribution is 2.13. The Kier molecular flexibility index (Phi) is 6.54. The molecule has 1 aromatic rings. The summed E-state index contributed by atoms with van der Waals surface area (Å²) in [4.78, 5) is 14.3. The van der Waals surface area contributed by atoms with Gasteiger partial charge in [0.1, 0.15) is 5.82 Å². The van der Waals surface area contributed by atoms with Crippen LogP contribution in [0.1, 0.15) is 39.2 Å². The second-order valence-electron chi connectivity index (χ2n) is 5.06. The highest BCUT2D eigenvalue weighted by molar-refractivity contribution is 5.78. The number of hydrogen-bond acceptors (Lipinski definition) is 1. The number of carbonyl (C=O) groups is 1. The lowest BCUT2D eigenvalue weighted by Gasteiger charge is -2.25. The summed E-state index contributed by atoms with van der Waals surface area (Å²) in [6.45, 7) is 7.76. The molecule has 0 radical (unpaired) electrons. The van der Waals surface area contributed by atoms with E-state index in [4.69, 9.17) is 0 Å². The largest absolute Gasteiger partial charge is 0.342 e. The summed E-state index contributed by atoms with van der Waals surface area (Å²) in [5, 5.41) is 0. The first-order valence-electron chi connectivity index (χ1n) is 7.11. The van der Waals surface area contributed by atoms with Gasteiger partial charge in [-0.15, -0.1) is 0 Å². The van der Waals surface area contributed by atoms with E-state index in [0.29, 0.717) is 6.42 Å². The number of halogens is 1. The van der Waals surface area contributed by atoms with E-state index in [9.17, 15) is 9.18 Å². The number of carbonyl (C=O) groups excluding carboxylic acids is 1. The fourth-order valence-electron chi connectivity index (χ4n) is 2.25. The van der Waals surface area contributed by atoms with E-state index >= 15 is 0 Å². The summed E-state index contributed by atoms with van der Waals surface area (Å²) in [5.74, 6) is -0.0853. The topological polar surface area (TPSA) is 20.3 Å². The Hall–Kier alpha value is -1.38. The van der Waals surface area contributed by atoms with Crippen LogP contribution in [0.2, 0.25) is 0 Å². The van der Waals surface area contributed by atoms with Gasteiger partial charge in [0.25, 0.3) is 0 Å². The third kappa shape index (κ3) is 5.01. The van der Waals surface area contributed by atoms with Crippen molar-refractivity contribution in [3.8, 4) is 0 Å². The average Bonchev–Trinajstić information content (AvgIpc) is 2.40. The SMILES string of the molecule is CCCN(CCC)C(=O)C(C)Cc1ccc(F)cc1. The van der Waals surface area contributed by atoms with Crippen LogP contribution >= 0.6 is 0 Å². The fraction of sp³-hybridized carbons (Fsp3) is 0.562. The molecule has 1 aromatic carbocycles. The van der Waals surface area contributed by atoms with Crippen LogP contribution in [0.25, 0.3) is 0 Å². The van der Waals surface area contributed by atoms with E-state index in [-0.39, 0.29) is 17.6 Å². The third-order valence-electron chi connectivity index (χ3n) is 3.18. The Morgan fingerprint density at radius 1 is 1.16 bits per heavy atom. The number of nitrogens with zero attached hydrogens (tertiary/aromatic N) is 1. The molecule has 1 amide bonds. The molecule has 0 aliphatic heterocycles. The molecular weight excluding hydrogens is 241 g/mol. The Bertz CT molecular complexity index is 382. The zero-order valence-electron chi connectivity index (χ0n) is 12.2. The zero-order valence-corrected chi connectivity index (χ0v) is 12.2. The van der Waals surface area contributed by atoms with Crippen LogP contribution in [0.15, 0.2) is 24.3 Å². The van der Waals surface area contributed by atoms with Crippen molar-refractivity contribution in [1.82, 2.24) is 4.90 Å². The Labute approximate surface area is 115 Å². The summed E-state index contributed by atoms with van der Waals surface area (Å²) in [6.07, 6.45) is 2.63. The van der Waals surface area contributed by atoms with E-state index in [0.717, 1.165) is 31.5 Å². The maximum Gasteiger partial charge on any atom is 0.225 e. The summed E-state index contributed by atoms with van der Waals surface area (Å²) in [5.41, 5.74) is 1.01. The molecule has 0 heterocycles. The predicted octanol–water partition coefficient (Wildman–Crippen LogP) is 3.65. The maximum atomic E-state index is 12.8. The molecule has 19 heavy (non-hydrogen) atoms. The molecule has 0 saturated carbocycles. The molecule has 0 N–H and O–H groups in total. The van der Waals surface area contributed by atoms with Crippen molar-refractivity contribution >= 4 is 5.91 Å². The van der Waals surface area contributed by atoms with E-state index in [1.165, 1.54) is 12.1 Å². The molecule has 2 nitrogen and oxygen atoms in total. The van der Waals surface area contributed by atoms with Gasteiger partial charge in [0.05, 0.1) is 0 Å². The molecule has 1 rings (SSSR count). The van der Waals surface area contributed by atoms with Crippen LogP contribution in [0.4, 0.5) is 4.39 Å². The minimum absolute atomic E-state index is 0.0523. The van der Waals surface area contributed by atoms with Crippen molar-refractivity contribution in [2.24, 2.45) is 5.92 Å². The molecule has 0 aromatic heterocycles. The summed E-state index contributed by atoms with van der Waals surface area (Å²) < 4.78 is 12.8. The summed E-state index contributed by atoms with van der Waals surface area (Å²) in [7, 11) is 0. The van der Waals surface area contributed by atoms with Gasteiger partial charge in [-0.05, 0) is 37.0 Å². The number of benzene rings is 1. The smallest absolute Gasteiger partial charge is 0.225 e. The van der Waals surface area contributed by atoms with Crippen molar-refractivity contribution in [2.75, 3.05) is 13.1 Å². The first-order chi connectivity index (χ1) is 9.08. The second-order valence-corrected chi connectivity index (χ2v) is 5.06. The van der Waals surface area contributed by atoms with Gasteiger partial charge in [-0.3, -0.25) is 4.79 Å². The van der Waals surface area contributed by atoms with E-state index in [2.05, 4.69) is 13.8 Å². The van der Waals surface area contributed by atoms with Gasteiger partial charge in [-0.1, -0.05) is 32.9 Å². The van der Waals surface area contributed by atoms with Gasteiger partial charge in [-0.25, -0.2) is 4.39 Å². The molecule has 0 fully saturated rings. The summed E-state index contributed by atoms with van der Waals surface area (Å²) >= 11 is 0. The monoisotopic (exact) mass is 265 g/mol. The van der Waals surface area contributed by atoms with Crippen molar-refractivity contribution < 1.29 is 9.18 Å². The van der Waals surface area contributed by atoms with Crippen LogP contribution in [0.3, 0.4) is 0 Å². The first kappa shape index (κ1) is 15.7. The van der Waals surface area contributed by atoms with Crippen LogP contribution in [-0.4, -0.2) is 23.9 Å². The molecule has 1 unspecified atom stereocenters. The van der Waals surface area contributed by atoms with Gasteiger partial charge in [0.15, 0.2) is 0 Å². The van der Waals surface area contributed by atoms with Gasteiger partial charge in [0, 0.05) is 19.0 Å². The molecular formula is C16H24FNO. The van der Waals surface area contributed by atoms with Gasteiger partial charge in [-0.2, -0.15) is 0 Å². The minimum Gasteiger partial charge on any atom is -0.342 e. The molecule has 0 aliphatic carbocycles. The molecule has 1 atom stereocenters. The third-order valence-corrected chi connectivity index (χ3v) is 3.18. The molecule has 0 saturated heterocycles. The van der Waals surface area contributed by atoms with Crippen molar-refractivity contribution in [3.63, 3.8) is 0 Å². The van der Waals surface area contributed by atoms with Crippen LogP contribution < -0.4 is 0 Å². The highest BCUT2D eigenvalue weighted by Gasteiger charge is 2.19. The second kappa shape index (κ2) is 7.93. The van der Waals surface area contributed by atoms with Crippen LogP contribution in [-0.2, 0) is 11.2 Å². The minimum atomic E-state index is -0.235. The maximum absolute atomic E-state index is 12.8. The Morgan fingerprint density at radius 2 is 1.68 bits per heavy atom. The van der Waals surface area contributed by atoms with E-state index < -0.39 is 0 Å². The standard InChI is InChI=1S/C16H24FNO/c1-4-10-18(11-5-2)16(19)13(3)12-14-6-8-15(17)9-7-14/h6-9,13H,4-5,10-12H2,1-3H3. The molecule has 0 aliphatic rings. The predicted molar refractivity (Wildman–Crippen MR) is 76.4 cm³/mol. The lowest BCUT2D eigenvalue weighted by Crippen LogP contribution is -2.37. The van der Waals surface area contributed by atoms with Crippen molar-refractivity contribution in [1.29, 1.82) is 0 Å². The van der Waals surface area contributed by atoms with Crippen LogP contribution in [0, 0.1) is 11.7 Å². The van der Waals surface area contributed by atoms with Crippen molar-refractivity contribution in [2.45, 2.75) is 40.0 Å². The Balaban J connectivity index is 2.62. The molecule has 0 bridgehead atoms. The van der Waals surface area contributed by atoms with E-state index in [1.54, 1.807) is 12.1 Å². The normalized spacial score (nSPS) is 12.2. The molecule has 0 spiro atoms. The summed E-state index contributed by atoms with van der Waals surface area (Å²) in [6, 6.07) is 6.40. The van der Waals surface area contributed by atoms with E-state index in [1.807, 2.05) is 11.8 Å². The zero-order chi connectivity index (χ0) is 14.3. The molecule has 106 valence electrons. The fourth-order valence-corrected chi connectivity index (χ4v) is 2.25. The molecule has 3 heteroatoms. The number of rotatable bonds is 7. The lowest BCUT2D eigenvalue weighted by atomic mass is 9.99. The van der Waals surface area contributed by atoms with Gasteiger partial charge >= 0.3 is 0 Å². The van der Waals surface area contributed by atoms with Crippen LogP contribution in [0.5, 0.6) is 0 Å². The van der Waals surface area contributed by atoms with Gasteiger partial charge < -0.3 is 4.90 Å². The Morgan fingerprint density at radius 3 is 2.16 bits per heavy atom. The van der Waals surface area contributed by atoms with Crippen molar-refractivity contribution in [3.05, 3.63) is 35.6 Å². The first-order valence-corrected chi connectivity index (χ1v) is 7.11.